The van der Waals surface area contributed by atoms with Crippen molar-refractivity contribution in [3.63, 3.8) is 0 Å². The van der Waals surface area contributed by atoms with Crippen molar-refractivity contribution in [2.45, 2.75) is 51.5 Å². The average molecular weight is 286 g/mol. The van der Waals surface area contributed by atoms with E-state index in [9.17, 15) is 4.79 Å². The number of amides is 1. The Hall–Kier alpha value is -1.51. The number of nitrogens with zero attached hydrogens (tertiary/aromatic N) is 1. The van der Waals surface area contributed by atoms with Crippen molar-refractivity contribution in [2.24, 2.45) is 5.92 Å². The molecule has 2 fully saturated rings. The molecule has 21 heavy (non-hydrogen) atoms. The average Bonchev–Trinajstić information content (AvgIpc) is 2.48. The van der Waals surface area contributed by atoms with E-state index >= 15 is 0 Å². The molecular weight excluding hydrogens is 260 g/mol. The van der Waals surface area contributed by atoms with Gasteiger partial charge in [-0.25, -0.2) is 0 Å². The van der Waals surface area contributed by atoms with Gasteiger partial charge >= 0.3 is 0 Å². The van der Waals surface area contributed by atoms with Crippen molar-refractivity contribution < 1.29 is 4.79 Å². The Labute approximate surface area is 127 Å². The summed E-state index contributed by atoms with van der Waals surface area (Å²) < 4.78 is 0. The minimum atomic E-state index is 0.0866. The van der Waals surface area contributed by atoms with Gasteiger partial charge in [0.25, 0.3) is 5.91 Å². The van der Waals surface area contributed by atoms with E-state index in [2.05, 4.69) is 29.3 Å². The third-order valence-electron chi connectivity index (χ3n) is 4.97. The highest BCUT2D eigenvalue weighted by Crippen LogP contribution is 2.26. The van der Waals surface area contributed by atoms with E-state index in [0.29, 0.717) is 6.04 Å². The number of carbonyl (C=O) groups is 1. The lowest BCUT2D eigenvalue weighted by atomic mass is 9.95. The van der Waals surface area contributed by atoms with Gasteiger partial charge in [0.15, 0.2) is 0 Å². The Kier molecular flexibility index (Phi) is 4.47. The lowest BCUT2D eigenvalue weighted by molar-refractivity contribution is 0.0927. The van der Waals surface area contributed by atoms with Crippen LogP contribution in [0.3, 0.4) is 0 Å². The number of rotatable bonds is 4. The van der Waals surface area contributed by atoms with E-state index in [1.807, 2.05) is 12.1 Å². The van der Waals surface area contributed by atoms with Crippen LogP contribution in [0, 0.1) is 5.92 Å². The summed E-state index contributed by atoms with van der Waals surface area (Å²) >= 11 is 0. The fourth-order valence-electron chi connectivity index (χ4n) is 3.38. The molecule has 1 aromatic carbocycles. The molecular formula is C18H26N2O. The Bertz CT molecular complexity index is 470. The third kappa shape index (κ3) is 3.39. The second-order valence-corrected chi connectivity index (χ2v) is 6.53. The van der Waals surface area contributed by atoms with Crippen LogP contribution in [0.2, 0.25) is 0 Å². The van der Waals surface area contributed by atoms with Gasteiger partial charge in [0.2, 0.25) is 0 Å². The van der Waals surface area contributed by atoms with Crippen molar-refractivity contribution in [1.82, 2.24) is 5.32 Å². The second-order valence-electron chi connectivity index (χ2n) is 6.53. The molecule has 0 atom stereocenters. The van der Waals surface area contributed by atoms with Gasteiger partial charge in [0.05, 0.1) is 0 Å². The molecule has 2 aliphatic rings. The fourth-order valence-corrected chi connectivity index (χ4v) is 3.38. The van der Waals surface area contributed by atoms with Crippen LogP contribution in [0.1, 0.15) is 55.8 Å². The topological polar surface area (TPSA) is 32.3 Å². The van der Waals surface area contributed by atoms with Gasteiger partial charge in [-0.3, -0.25) is 4.79 Å². The van der Waals surface area contributed by atoms with Gasteiger partial charge in [0, 0.05) is 30.4 Å². The molecule has 0 aromatic heterocycles. The van der Waals surface area contributed by atoms with Crippen LogP contribution in [-0.4, -0.2) is 25.0 Å². The number of carbonyl (C=O) groups excluding carboxylic acids is 1. The maximum Gasteiger partial charge on any atom is 0.251 e. The first kappa shape index (κ1) is 14.4. The molecule has 1 heterocycles. The first-order chi connectivity index (χ1) is 10.3. The molecule has 0 radical (unpaired) electrons. The normalized spacial score (nSPS) is 20.1. The molecule has 1 aromatic rings. The van der Waals surface area contributed by atoms with Crippen LogP contribution < -0.4 is 10.2 Å². The van der Waals surface area contributed by atoms with E-state index in [-0.39, 0.29) is 5.91 Å². The predicted molar refractivity (Wildman–Crippen MR) is 86.8 cm³/mol. The largest absolute Gasteiger partial charge is 0.371 e. The summed E-state index contributed by atoms with van der Waals surface area (Å²) in [6.45, 7) is 4.56. The molecule has 3 rings (SSSR count). The SMILES string of the molecule is CCC1CN(c2ccc(C(=O)NC3CCCCC3)cc2)C1. The van der Waals surface area contributed by atoms with E-state index in [1.54, 1.807) is 0 Å². The maximum atomic E-state index is 12.3. The van der Waals surface area contributed by atoms with Crippen molar-refractivity contribution in [3.8, 4) is 0 Å². The molecule has 1 aliphatic carbocycles. The van der Waals surface area contributed by atoms with Gasteiger partial charge in [-0.1, -0.05) is 26.2 Å². The number of nitrogens with one attached hydrogen (secondary N) is 1. The van der Waals surface area contributed by atoms with Crippen LogP contribution in [0.5, 0.6) is 0 Å². The van der Waals surface area contributed by atoms with Gasteiger partial charge in [-0.15, -0.1) is 0 Å². The standard InChI is InChI=1S/C18H26N2O/c1-2-14-12-20(13-14)17-10-8-15(9-11-17)18(21)19-16-6-4-3-5-7-16/h8-11,14,16H,2-7,12-13H2,1H3,(H,19,21). The predicted octanol–water partition coefficient (Wildman–Crippen LogP) is 3.60. The highest BCUT2D eigenvalue weighted by atomic mass is 16.1. The van der Waals surface area contributed by atoms with Gasteiger partial charge in [-0.05, 0) is 49.4 Å². The molecule has 1 saturated carbocycles. The molecule has 1 saturated heterocycles. The van der Waals surface area contributed by atoms with Gasteiger partial charge < -0.3 is 10.2 Å². The monoisotopic (exact) mass is 286 g/mol. The quantitative estimate of drug-likeness (QED) is 0.917. The highest BCUT2D eigenvalue weighted by Gasteiger charge is 2.25. The van der Waals surface area contributed by atoms with E-state index < -0.39 is 0 Å². The summed E-state index contributed by atoms with van der Waals surface area (Å²) in [6, 6.07) is 8.48. The summed E-state index contributed by atoms with van der Waals surface area (Å²) in [4.78, 5) is 14.6. The van der Waals surface area contributed by atoms with Crippen LogP contribution in [-0.2, 0) is 0 Å². The second kappa shape index (κ2) is 6.50. The zero-order chi connectivity index (χ0) is 14.7. The van der Waals surface area contributed by atoms with Crippen LogP contribution in [0.4, 0.5) is 5.69 Å². The minimum absolute atomic E-state index is 0.0866. The first-order valence-corrected chi connectivity index (χ1v) is 8.42. The van der Waals surface area contributed by atoms with Crippen LogP contribution in [0.25, 0.3) is 0 Å². The van der Waals surface area contributed by atoms with E-state index in [0.717, 1.165) is 37.4 Å². The van der Waals surface area contributed by atoms with Crippen molar-refractivity contribution >= 4 is 11.6 Å². The molecule has 0 bridgehead atoms. The van der Waals surface area contributed by atoms with Crippen LogP contribution >= 0.6 is 0 Å². The molecule has 0 spiro atoms. The Balaban J connectivity index is 1.55. The molecule has 1 amide bonds. The first-order valence-electron chi connectivity index (χ1n) is 8.42. The summed E-state index contributed by atoms with van der Waals surface area (Å²) in [5.74, 6) is 0.933. The molecule has 3 nitrogen and oxygen atoms in total. The Morgan fingerprint density at radius 2 is 1.81 bits per heavy atom. The zero-order valence-corrected chi connectivity index (χ0v) is 13.0. The number of hydrogen-bond acceptors (Lipinski definition) is 2. The highest BCUT2D eigenvalue weighted by molar-refractivity contribution is 5.94. The lowest BCUT2D eigenvalue weighted by Gasteiger charge is -2.40. The lowest BCUT2D eigenvalue weighted by Crippen LogP contribution is -2.46. The summed E-state index contributed by atoms with van der Waals surface area (Å²) in [7, 11) is 0. The fraction of sp³-hybridized carbons (Fsp3) is 0.611. The number of hydrogen-bond donors (Lipinski definition) is 1. The smallest absolute Gasteiger partial charge is 0.251 e. The summed E-state index contributed by atoms with van der Waals surface area (Å²) in [6.07, 6.45) is 7.34. The molecule has 114 valence electrons. The maximum absolute atomic E-state index is 12.3. The Morgan fingerprint density at radius 3 is 2.43 bits per heavy atom. The molecule has 1 N–H and O–H groups in total. The van der Waals surface area contributed by atoms with Crippen molar-refractivity contribution in [2.75, 3.05) is 18.0 Å². The van der Waals surface area contributed by atoms with Gasteiger partial charge in [0.1, 0.15) is 0 Å². The molecule has 0 unspecified atom stereocenters. The van der Waals surface area contributed by atoms with E-state index in [1.165, 1.54) is 31.4 Å². The van der Waals surface area contributed by atoms with Crippen molar-refractivity contribution in [3.05, 3.63) is 29.8 Å². The van der Waals surface area contributed by atoms with Gasteiger partial charge in [-0.2, -0.15) is 0 Å². The van der Waals surface area contributed by atoms with Crippen LogP contribution in [0.15, 0.2) is 24.3 Å². The van der Waals surface area contributed by atoms with E-state index in [4.69, 9.17) is 0 Å². The number of benzene rings is 1. The Morgan fingerprint density at radius 1 is 1.14 bits per heavy atom. The van der Waals surface area contributed by atoms with Crippen molar-refractivity contribution in [1.29, 1.82) is 0 Å². The minimum Gasteiger partial charge on any atom is -0.371 e. The third-order valence-corrected chi connectivity index (χ3v) is 4.97. The molecule has 3 heteroatoms. The zero-order valence-electron chi connectivity index (χ0n) is 13.0. The molecule has 1 aliphatic heterocycles. The number of anilines is 1. The summed E-state index contributed by atoms with van der Waals surface area (Å²) in [5, 5.41) is 3.18. The summed E-state index contributed by atoms with van der Waals surface area (Å²) in [5.41, 5.74) is 2.03.